The number of phenolic OH excluding ortho intramolecular Hbond substituents is 1. The third-order valence-electron chi connectivity index (χ3n) is 10.7. The summed E-state index contributed by atoms with van der Waals surface area (Å²) in [6.45, 7) is 4.40. The third-order valence-corrected chi connectivity index (χ3v) is 10.7. The van der Waals surface area contributed by atoms with Gasteiger partial charge < -0.3 is 25.6 Å². The summed E-state index contributed by atoms with van der Waals surface area (Å²) in [7, 11) is 0. The SMILES string of the molecule is Cc1nc2ccccc2n1[C@H]1C[C@H]2CC[C@@H](C1)N2CCC1(c2ccccc2)CCN(C(=O)c2cc(NC(N)=O)ccc2O)CC1. The van der Waals surface area contributed by atoms with Gasteiger partial charge in [-0.15, -0.1) is 0 Å². The summed E-state index contributed by atoms with van der Waals surface area (Å²) in [5, 5.41) is 13.0. The summed E-state index contributed by atoms with van der Waals surface area (Å²) in [4.78, 5) is 34.4. The van der Waals surface area contributed by atoms with Crippen molar-refractivity contribution < 1.29 is 14.7 Å². The first kappa shape index (κ1) is 29.3. The minimum atomic E-state index is -0.715. The van der Waals surface area contributed by atoms with E-state index in [9.17, 15) is 14.7 Å². The second kappa shape index (κ2) is 11.9. The van der Waals surface area contributed by atoms with Crippen LogP contribution in [0.5, 0.6) is 5.75 Å². The molecule has 3 saturated heterocycles. The number of rotatable bonds is 7. The lowest BCUT2D eigenvalue weighted by Gasteiger charge is -2.45. The summed E-state index contributed by atoms with van der Waals surface area (Å²) in [6, 6.07) is 24.7. The van der Waals surface area contributed by atoms with Crippen molar-refractivity contribution >= 4 is 28.7 Å². The highest BCUT2D eigenvalue weighted by molar-refractivity contribution is 5.99. The molecule has 3 fully saturated rings. The Kier molecular flexibility index (Phi) is 7.73. The predicted molar refractivity (Wildman–Crippen MR) is 175 cm³/mol. The highest BCUT2D eigenvalue weighted by Gasteiger charge is 2.44. The van der Waals surface area contributed by atoms with Crippen LogP contribution in [0.25, 0.3) is 11.0 Å². The molecule has 0 unspecified atom stereocenters. The quantitative estimate of drug-likeness (QED) is 0.224. The van der Waals surface area contributed by atoms with Gasteiger partial charge in [0.1, 0.15) is 11.6 Å². The Morgan fingerprint density at radius 1 is 0.956 bits per heavy atom. The zero-order valence-corrected chi connectivity index (χ0v) is 25.9. The number of fused-ring (bicyclic) bond motifs is 3. The monoisotopic (exact) mass is 606 g/mol. The summed E-state index contributed by atoms with van der Waals surface area (Å²) < 4.78 is 2.49. The highest BCUT2D eigenvalue weighted by atomic mass is 16.3. The van der Waals surface area contributed by atoms with Crippen molar-refractivity contribution in [2.45, 2.75) is 75.4 Å². The van der Waals surface area contributed by atoms with E-state index in [0.717, 1.165) is 50.0 Å². The van der Waals surface area contributed by atoms with Crippen molar-refractivity contribution in [2.75, 3.05) is 25.0 Å². The van der Waals surface area contributed by atoms with Gasteiger partial charge in [-0.2, -0.15) is 0 Å². The number of carbonyl (C=O) groups is 2. The van der Waals surface area contributed by atoms with Crippen molar-refractivity contribution in [1.29, 1.82) is 0 Å². The van der Waals surface area contributed by atoms with Crippen molar-refractivity contribution in [3.8, 4) is 5.75 Å². The summed E-state index contributed by atoms with van der Waals surface area (Å²) in [6.07, 6.45) is 7.58. The number of phenols is 1. The molecule has 4 aromatic rings. The van der Waals surface area contributed by atoms with Crippen LogP contribution in [0, 0.1) is 6.92 Å². The first-order valence-electron chi connectivity index (χ1n) is 16.2. The maximum absolute atomic E-state index is 13.5. The molecule has 4 N–H and O–H groups in total. The molecule has 0 saturated carbocycles. The minimum absolute atomic E-state index is 0.0249. The van der Waals surface area contributed by atoms with Crippen molar-refractivity contribution in [3.05, 3.63) is 89.7 Å². The van der Waals surface area contributed by atoms with E-state index in [1.807, 2.05) is 4.90 Å². The number of likely N-dealkylation sites (tertiary alicyclic amines) is 1. The predicted octanol–water partition coefficient (Wildman–Crippen LogP) is 5.97. The first-order chi connectivity index (χ1) is 21.8. The molecule has 0 spiro atoms. The second-order valence-corrected chi connectivity index (χ2v) is 13.2. The molecule has 45 heavy (non-hydrogen) atoms. The number of aromatic nitrogens is 2. The number of piperidine rings is 2. The van der Waals surface area contributed by atoms with Gasteiger partial charge in [-0.1, -0.05) is 42.5 Å². The van der Waals surface area contributed by atoms with Crippen molar-refractivity contribution in [1.82, 2.24) is 19.4 Å². The number of benzene rings is 3. The third kappa shape index (κ3) is 5.54. The average Bonchev–Trinajstić information content (AvgIpc) is 3.51. The molecule has 3 aliphatic heterocycles. The lowest BCUT2D eigenvalue weighted by Crippen LogP contribution is -2.49. The number of urea groups is 1. The lowest BCUT2D eigenvalue weighted by molar-refractivity contribution is 0.0604. The molecule has 7 rings (SSSR count). The first-order valence-corrected chi connectivity index (χ1v) is 16.2. The van der Waals surface area contributed by atoms with Crippen LogP contribution in [-0.2, 0) is 5.41 Å². The Morgan fingerprint density at radius 3 is 2.36 bits per heavy atom. The Labute approximate surface area is 264 Å². The number of nitrogens with one attached hydrogen (secondary N) is 1. The van der Waals surface area contributed by atoms with Gasteiger partial charge in [-0.3, -0.25) is 9.69 Å². The van der Waals surface area contributed by atoms with Gasteiger partial charge in [0, 0.05) is 36.9 Å². The van der Waals surface area contributed by atoms with E-state index in [-0.39, 0.29) is 22.6 Å². The van der Waals surface area contributed by atoms with E-state index in [1.54, 1.807) is 0 Å². The van der Waals surface area contributed by atoms with E-state index < -0.39 is 6.03 Å². The van der Waals surface area contributed by atoms with Crippen LogP contribution < -0.4 is 11.1 Å². The number of imidazole rings is 1. The molecule has 3 aliphatic rings. The van der Waals surface area contributed by atoms with E-state index in [4.69, 9.17) is 10.7 Å². The number of nitrogens with zero attached hydrogens (tertiary/aromatic N) is 4. The van der Waals surface area contributed by atoms with E-state index in [0.29, 0.717) is 36.9 Å². The fourth-order valence-electron chi connectivity index (χ4n) is 8.50. The number of primary amides is 1. The molecule has 4 heterocycles. The molecule has 1 aromatic heterocycles. The Bertz CT molecular complexity index is 1700. The Morgan fingerprint density at radius 2 is 1.64 bits per heavy atom. The zero-order valence-electron chi connectivity index (χ0n) is 25.9. The summed E-state index contributed by atoms with van der Waals surface area (Å²) >= 11 is 0. The largest absolute Gasteiger partial charge is 0.507 e. The summed E-state index contributed by atoms with van der Waals surface area (Å²) in [5.74, 6) is 0.778. The minimum Gasteiger partial charge on any atom is -0.507 e. The molecule has 0 aliphatic carbocycles. The molecular formula is C36H42N6O3. The molecule has 3 atom stereocenters. The van der Waals surface area contributed by atoms with Crippen molar-refractivity contribution in [3.63, 3.8) is 0 Å². The fraction of sp³-hybridized carbons (Fsp3) is 0.417. The fourth-order valence-corrected chi connectivity index (χ4v) is 8.50. The Hall–Kier alpha value is -4.37. The molecular weight excluding hydrogens is 564 g/mol. The average molecular weight is 607 g/mol. The second-order valence-electron chi connectivity index (χ2n) is 13.2. The van der Waals surface area contributed by atoms with Gasteiger partial charge in [0.15, 0.2) is 0 Å². The maximum atomic E-state index is 13.5. The van der Waals surface area contributed by atoms with Gasteiger partial charge in [-0.05, 0) is 99.7 Å². The van der Waals surface area contributed by atoms with Gasteiger partial charge >= 0.3 is 6.03 Å². The van der Waals surface area contributed by atoms with Crippen LogP contribution in [0.1, 0.15) is 72.7 Å². The number of para-hydroxylation sites is 2. The highest BCUT2D eigenvalue weighted by Crippen LogP contribution is 2.45. The summed E-state index contributed by atoms with van der Waals surface area (Å²) in [5.41, 5.74) is 9.47. The van der Waals surface area contributed by atoms with Gasteiger partial charge in [0.05, 0.1) is 16.6 Å². The van der Waals surface area contributed by atoms with Crippen LogP contribution in [0.4, 0.5) is 10.5 Å². The number of amides is 3. The molecule has 3 amide bonds. The number of aromatic hydroxyl groups is 1. The number of carbonyl (C=O) groups excluding carboxylic acids is 2. The molecule has 234 valence electrons. The van der Waals surface area contributed by atoms with Crippen LogP contribution in [0.15, 0.2) is 72.8 Å². The number of aryl methyl sites for hydroxylation is 1. The van der Waals surface area contributed by atoms with E-state index in [1.165, 1.54) is 42.1 Å². The molecule has 2 bridgehead atoms. The number of hydrogen-bond donors (Lipinski definition) is 3. The van der Waals surface area contributed by atoms with Crippen molar-refractivity contribution in [2.24, 2.45) is 5.73 Å². The topological polar surface area (TPSA) is 117 Å². The zero-order chi connectivity index (χ0) is 31.1. The smallest absolute Gasteiger partial charge is 0.316 e. The van der Waals surface area contributed by atoms with E-state index >= 15 is 0 Å². The lowest BCUT2D eigenvalue weighted by atomic mass is 9.70. The number of nitrogens with two attached hydrogens (primary N) is 1. The maximum Gasteiger partial charge on any atom is 0.316 e. The van der Waals surface area contributed by atoms with Gasteiger partial charge in [0.2, 0.25) is 0 Å². The standard InChI is InChI=1S/C36H42N6O3/c1-24-38-31-9-5-6-10-32(31)42(24)29-22-27-12-13-28(23-29)41(27)20-17-36(25-7-3-2-4-8-25)15-18-40(19-16-36)34(44)30-21-26(39-35(37)45)11-14-33(30)43/h2-11,14,21,27-29,43H,12-13,15-20,22-23H2,1H3,(H3,37,39,45)/t27-,28+,29+. The van der Waals surface area contributed by atoms with E-state index in [2.05, 4.69) is 76.3 Å². The molecule has 3 aromatic carbocycles. The molecule has 9 nitrogen and oxygen atoms in total. The van der Waals surface area contributed by atoms with Crippen LogP contribution in [0.3, 0.4) is 0 Å². The van der Waals surface area contributed by atoms with Crippen LogP contribution in [-0.4, -0.2) is 68.1 Å². The normalized spacial score (nSPS) is 22.9. The van der Waals surface area contributed by atoms with Gasteiger partial charge in [-0.25, -0.2) is 9.78 Å². The Balaban J connectivity index is 1.06. The van der Waals surface area contributed by atoms with Crippen LogP contribution in [0.2, 0.25) is 0 Å². The van der Waals surface area contributed by atoms with Gasteiger partial charge in [0.25, 0.3) is 5.91 Å². The molecule has 9 heteroatoms. The van der Waals surface area contributed by atoms with Crippen LogP contribution >= 0.6 is 0 Å². The number of anilines is 1. The number of hydrogen-bond acceptors (Lipinski definition) is 5. The molecule has 0 radical (unpaired) electrons.